The summed E-state index contributed by atoms with van der Waals surface area (Å²) in [5.41, 5.74) is 3.64. The molecule has 0 spiro atoms. The van der Waals surface area contributed by atoms with E-state index < -0.39 is 0 Å². The van der Waals surface area contributed by atoms with Gasteiger partial charge in [0.05, 0.1) is 31.0 Å². The van der Waals surface area contributed by atoms with Gasteiger partial charge >= 0.3 is 0 Å². The van der Waals surface area contributed by atoms with Crippen molar-refractivity contribution in [3.05, 3.63) is 52.1 Å². The highest BCUT2D eigenvalue weighted by Crippen LogP contribution is 2.38. The molecule has 1 atom stereocenters. The lowest BCUT2D eigenvalue weighted by atomic mass is 10.0. The van der Waals surface area contributed by atoms with Crippen molar-refractivity contribution < 1.29 is 14.3 Å². The van der Waals surface area contributed by atoms with Gasteiger partial charge in [-0.15, -0.1) is 11.3 Å². The SMILES string of the molecule is COc1ccc([C@H]2CCCN2C(=O)c2cc(-c3csc(C)n3)cn2C)cc1OC. The number of carbonyl (C=O) groups excluding carboxylic acids is 1. The van der Waals surface area contributed by atoms with E-state index in [0.29, 0.717) is 17.2 Å². The lowest BCUT2D eigenvalue weighted by molar-refractivity contribution is 0.0726. The second-order valence-electron chi connectivity index (χ2n) is 7.25. The van der Waals surface area contributed by atoms with Gasteiger partial charge in [0.15, 0.2) is 11.5 Å². The number of benzene rings is 1. The van der Waals surface area contributed by atoms with Gasteiger partial charge in [0, 0.05) is 30.7 Å². The van der Waals surface area contributed by atoms with Crippen molar-refractivity contribution in [2.24, 2.45) is 7.05 Å². The van der Waals surface area contributed by atoms with Crippen molar-refractivity contribution in [1.29, 1.82) is 0 Å². The Morgan fingerprint density at radius 2 is 2.00 bits per heavy atom. The number of aromatic nitrogens is 2. The second-order valence-corrected chi connectivity index (χ2v) is 8.31. The first-order chi connectivity index (χ1) is 14.0. The van der Waals surface area contributed by atoms with Crippen LogP contribution in [0.5, 0.6) is 11.5 Å². The van der Waals surface area contributed by atoms with Crippen LogP contribution in [0.2, 0.25) is 0 Å². The molecule has 0 saturated carbocycles. The van der Waals surface area contributed by atoms with Gasteiger partial charge < -0.3 is 18.9 Å². The summed E-state index contributed by atoms with van der Waals surface area (Å²) in [6.07, 6.45) is 3.89. The molecule has 1 aromatic carbocycles. The molecule has 2 aromatic heterocycles. The summed E-state index contributed by atoms with van der Waals surface area (Å²) >= 11 is 1.61. The number of aryl methyl sites for hydroxylation is 2. The van der Waals surface area contributed by atoms with Gasteiger partial charge in [0.2, 0.25) is 0 Å². The predicted octanol–water partition coefficient (Wildman–Crippen LogP) is 4.45. The van der Waals surface area contributed by atoms with E-state index in [9.17, 15) is 4.79 Å². The zero-order valence-electron chi connectivity index (χ0n) is 17.1. The normalized spacial score (nSPS) is 16.3. The summed E-state index contributed by atoms with van der Waals surface area (Å²) in [5, 5.41) is 3.05. The number of nitrogens with zero attached hydrogens (tertiary/aromatic N) is 3. The van der Waals surface area contributed by atoms with Gasteiger partial charge in [0.25, 0.3) is 5.91 Å². The molecule has 0 radical (unpaired) electrons. The minimum absolute atomic E-state index is 0.0298. The molecule has 0 aliphatic carbocycles. The van der Waals surface area contributed by atoms with E-state index in [4.69, 9.17) is 9.47 Å². The number of rotatable bonds is 5. The molecule has 3 heterocycles. The zero-order valence-corrected chi connectivity index (χ0v) is 18.0. The van der Waals surface area contributed by atoms with Crippen LogP contribution in [0.1, 0.15) is 39.9 Å². The Kier molecular flexibility index (Phi) is 5.32. The van der Waals surface area contributed by atoms with Crippen LogP contribution in [0.25, 0.3) is 11.3 Å². The van der Waals surface area contributed by atoms with E-state index in [1.807, 2.05) is 59.3 Å². The number of ether oxygens (including phenoxy) is 2. The van der Waals surface area contributed by atoms with E-state index in [-0.39, 0.29) is 11.9 Å². The number of thiazole rings is 1. The molecule has 1 fully saturated rings. The van der Waals surface area contributed by atoms with Gasteiger partial charge in [-0.2, -0.15) is 0 Å². The molecular weight excluding hydrogens is 386 g/mol. The molecule has 7 heteroatoms. The van der Waals surface area contributed by atoms with Gasteiger partial charge in [-0.25, -0.2) is 4.98 Å². The average Bonchev–Trinajstić information content (AvgIpc) is 3.46. The molecule has 1 amide bonds. The van der Waals surface area contributed by atoms with Crippen molar-refractivity contribution in [3.63, 3.8) is 0 Å². The van der Waals surface area contributed by atoms with Crippen molar-refractivity contribution >= 4 is 17.2 Å². The molecule has 1 aliphatic rings. The Labute approximate surface area is 174 Å². The Bertz CT molecular complexity index is 1040. The Hall–Kier alpha value is -2.80. The lowest BCUT2D eigenvalue weighted by Crippen LogP contribution is -2.31. The maximum atomic E-state index is 13.4. The number of hydrogen-bond donors (Lipinski definition) is 0. The highest BCUT2D eigenvalue weighted by molar-refractivity contribution is 7.09. The number of likely N-dealkylation sites (tertiary alicyclic amines) is 1. The molecule has 1 aliphatic heterocycles. The van der Waals surface area contributed by atoms with Crippen LogP contribution < -0.4 is 9.47 Å². The third-order valence-electron chi connectivity index (χ3n) is 5.44. The molecule has 152 valence electrons. The Morgan fingerprint density at radius 1 is 1.21 bits per heavy atom. The van der Waals surface area contributed by atoms with Gasteiger partial charge in [-0.3, -0.25) is 4.79 Å². The maximum Gasteiger partial charge on any atom is 0.271 e. The Balaban J connectivity index is 1.62. The van der Waals surface area contributed by atoms with Crippen molar-refractivity contribution in [2.45, 2.75) is 25.8 Å². The van der Waals surface area contributed by atoms with E-state index in [1.54, 1.807) is 25.6 Å². The molecule has 4 rings (SSSR count). The van der Waals surface area contributed by atoms with E-state index in [2.05, 4.69) is 4.98 Å². The minimum atomic E-state index is 0.0298. The predicted molar refractivity (Wildman–Crippen MR) is 114 cm³/mol. The molecule has 0 unspecified atom stereocenters. The highest BCUT2D eigenvalue weighted by atomic mass is 32.1. The summed E-state index contributed by atoms with van der Waals surface area (Å²) in [6.45, 7) is 2.73. The first-order valence-electron chi connectivity index (χ1n) is 9.63. The number of hydrogen-bond acceptors (Lipinski definition) is 5. The third kappa shape index (κ3) is 3.62. The number of amides is 1. The van der Waals surface area contributed by atoms with Crippen LogP contribution in [0.15, 0.2) is 35.8 Å². The largest absolute Gasteiger partial charge is 0.493 e. The van der Waals surface area contributed by atoms with Gasteiger partial charge in [-0.05, 0) is 43.5 Å². The first-order valence-corrected chi connectivity index (χ1v) is 10.5. The summed E-state index contributed by atoms with van der Waals surface area (Å²) < 4.78 is 12.7. The van der Waals surface area contributed by atoms with Crippen LogP contribution in [0.3, 0.4) is 0 Å². The van der Waals surface area contributed by atoms with Crippen LogP contribution in [0.4, 0.5) is 0 Å². The number of carbonyl (C=O) groups is 1. The first kappa shape index (κ1) is 19.5. The summed E-state index contributed by atoms with van der Waals surface area (Å²) in [4.78, 5) is 19.9. The zero-order chi connectivity index (χ0) is 20.5. The quantitative estimate of drug-likeness (QED) is 0.622. The second kappa shape index (κ2) is 7.91. The van der Waals surface area contributed by atoms with Crippen LogP contribution >= 0.6 is 11.3 Å². The topological polar surface area (TPSA) is 56.6 Å². The van der Waals surface area contributed by atoms with Crippen LogP contribution in [0, 0.1) is 6.92 Å². The van der Waals surface area contributed by atoms with E-state index >= 15 is 0 Å². The maximum absolute atomic E-state index is 13.4. The van der Waals surface area contributed by atoms with E-state index in [1.165, 1.54) is 0 Å². The van der Waals surface area contributed by atoms with E-state index in [0.717, 1.165) is 41.2 Å². The fourth-order valence-corrected chi connectivity index (χ4v) is 4.60. The fraction of sp³-hybridized carbons (Fsp3) is 0.364. The summed E-state index contributed by atoms with van der Waals surface area (Å²) in [6, 6.07) is 7.87. The molecule has 0 N–H and O–H groups in total. The average molecular weight is 412 g/mol. The molecule has 29 heavy (non-hydrogen) atoms. The fourth-order valence-electron chi connectivity index (χ4n) is 3.98. The van der Waals surface area contributed by atoms with Crippen molar-refractivity contribution in [2.75, 3.05) is 20.8 Å². The minimum Gasteiger partial charge on any atom is -0.493 e. The highest BCUT2D eigenvalue weighted by Gasteiger charge is 2.32. The van der Waals surface area contributed by atoms with Gasteiger partial charge in [-0.1, -0.05) is 6.07 Å². The van der Waals surface area contributed by atoms with Crippen molar-refractivity contribution in [1.82, 2.24) is 14.5 Å². The van der Waals surface area contributed by atoms with Gasteiger partial charge in [0.1, 0.15) is 5.69 Å². The monoisotopic (exact) mass is 411 g/mol. The number of methoxy groups -OCH3 is 2. The van der Waals surface area contributed by atoms with Crippen molar-refractivity contribution in [3.8, 4) is 22.8 Å². The smallest absolute Gasteiger partial charge is 0.271 e. The molecule has 6 nitrogen and oxygen atoms in total. The molecule has 0 bridgehead atoms. The molecular formula is C22H25N3O3S. The van der Waals surface area contributed by atoms with Crippen LogP contribution in [-0.2, 0) is 7.05 Å². The Morgan fingerprint density at radius 3 is 2.69 bits per heavy atom. The summed E-state index contributed by atoms with van der Waals surface area (Å²) in [5.74, 6) is 1.42. The lowest BCUT2D eigenvalue weighted by Gasteiger charge is -2.26. The third-order valence-corrected chi connectivity index (χ3v) is 6.22. The molecule has 3 aromatic rings. The molecule has 1 saturated heterocycles. The van der Waals surface area contributed by atoms with Crippen LogP contribution in [-0.4, -0.2) is 41.1 Å². The standard InChI is InChI=1S/C22H25N3O3S/c1-14-23-17(13-29-14)16-10-19(24(2)12-16)22(26)25-9-5-6-18(25)15-7-8-20(27-3)21(11-15)28-4/h7-8,10-13,18H,5-6,9H2,1-4H3/t18-/m1/s1. The summed E-state index contributed by atoms with van der Waals surface area (Å²) in [7, 11) is 5.17.